The van der Waals surface area contributed by atoms with Gasteiger partial charge in [-0.25, -0.2) is 0 Å². The zero-order valence-electron chi connectivity index (χ0n) is 12.8. The van der Waals surface area contributed by atoms with Gasteiger partial charge in [0, 0.05) is 38.4 Å². The maximum Gasteiger partial charge on any atom is 0.0674 e. The van der Waals surface area contributed by atoms with Gasteiger partial charge in [-0.3, -0.25) is 4.90 Å². The molecule has 4 nitrogen and oxygen atoms in total. The predicted octanol–water partition coefficient (Wildman–Crippen LogP) is 1.77. The molecule has 0 radical (unpaired) electrons. The molecule has 0 aromatic heterocycles. The molecule has 0 bridgehead atoms. The number of hydrogen-bond donors (Lipinski definition) is 1. The lowest BCUT2D eigenvalue weighted by Gasteiger charge is -2.51. The van der Waals surface area contributed by atoms with E-state index in [9.17, 15) is 0 Å². The van der Waals surface area contributed by atoms with Crippen molar-refractivity contribution in [3.05, 3.63) is 0 Å². The first kappa shape index (κ1) is 15.2. The summed E-state index contributed by atoms with van der Waals surface area (Å²) in [5.41, 5.74) is 6.29. The minimum Gasteiger partial charge on any atom is -0.377 e. The molecular weight excluding hydrogens is 240 g/mol. The van der Waals surface area contributed by atoms with Crippen LogP contribution in [0.4, 0.5) is 0 Å². The van der Waals surface area contributed by atoms with Gasteiger partial charge >= 0.3 is 0 Å². The lowest BCUT2D eigenvalue weighted by atomic mass is 9.77. The number of nitrogens with zero attached hydrogens (tertiary/aromatic N) is 1. The molecule has 2 N–H and O–H groups in total. The Hall–Kier alpha value is -0.160. The van der Waals surface area contributed by atoms with E-state index in [-0.39, 0.29) is 11.1 Å². The molecule has 112 valence electrons. The molecule has 0 aliphatic carbocycles. The molecule has 4 heteroatoms. The molecule has 2 rings (SSSR count). The Morgan fingerprint density at radius 3 is 2.84 bits per heavy atom. The molecule has 2 heterocycles. The summed E-state index contributed by atoms with van der Waals surface area (Å²) < 4.78 is 11.8. The van der Waals surface area contributed by atoms with Crippen LogP contribution in [0.5, 0.6) is 0 Å². The van der Waals surface area contributed by atoms with E-state index in [1.807, 2.05) is 0 Å². The Balaban J connectivity index is 2.16. The molecule has 19 heavy (non-hydrogen) atoms. The first-order valence-electron chi connectivity index (χ1n) is 7.74. The van der Waals surface area contributed by atoms with E-state index >= 15 is 0 Å². The van der Waals surface area contributed by atoms with E-state index in [4.69, 9.17) is 15.2 Å². The van der Waals surface area contributed by atoms with Gasteiger partial charge in [-0.2, -0.15) is 0 Å². The number of nitrogens with two attached hydrogens (primary N) is 1. The number of hydrogen-bond acceptors (Lipinski definition) is 4. The normalized spacial score (nSPS) is 42.0. The zero-order chi connectivity index (χ0) is 13.9. The molecular formula is C15H30N2O2. The summed E-state index contributed by atoms with van der Waals surface area (Å²) in [5, 5.41) is 0. The fourth-order valence-corrected chi connectivity index (χ4v) is 3.55. The van der Waals surface area contributed by atoms with E-state index < -0.39 is 0 Å². The molecule has 2 aliphatic heterocycles. The van der Waals surface area contributed by atoms with Gasteiger partial charge in [0.2, 0.25) is 0 Å². The summed E-state index contributed by atoms with van der Waals surface area (Å²) in [6.45, 7) is 11.1. The Morgan fingerprint density at radius 1 is 1.37 bits per heavy atom. The van der Waals surface area contributed by atoms with Gasteiger partial charge in [-0.1, -0.05) is 6.92 Å². The molecule has 0 saturated carbocycles. The largest absolute Gasteiger partial charge is 0.377 e. The Kier molecular flexibility index (Phi) is 4.88. The summed E-state index contributed by atoms with van der Waals surface area (Å²) in [6.07, 6.45) is 4.55. The topological polar surface area (TPSA) is 47.7 Å². The van der Waals surface area contributed by atoms with Gasteiger partial charge in [0.05, 0.1) is 11.7 Å². The fourth-order valence-electron chi connectivity index (χ4n) is 3.55. The van der Waals surface area contributed by atoms with Gasteiger partial charge in [-0.05, 0) is 39.5 Å². The minimum atomic E-state index is -0.0198. The average Bonchev–Trinajstić information content (AvgIpc) is 2.64. The third-order valence-corrected chi connectivity index (χ3v) is 4.97. The zero-order valence-corrected chi connectivity index (χ0v) is 12.8. The molecule has 0 aromatic carbocycles. The van der Waals surface area contributed by atoms with Crippen molar-refractivity contribution in [2.75, 3.05) is 32.8 Å². The highest BCUT2D eigenvalue weighted by Gasteiger charge is 2.45. The van der Waals surface area contributed by atoms with Crippen molar-refractivity contribution < 1.29 is 9.47 Å². The second-order valence-electron chi connectivity index (χ2n) is 6.49. The van der Waals surface area contributed by atoms with Crippen molar-refractivity contribution in [3.63, 3.8) is 0 Å². The smallest absolute Gasteiger partial charge is 0.0674 e. The maximum atomic E-state index is 6.20. The van der Waals surface area contributed by atoms with E-state index in [1.54, 1.807) is 0 Å². The highest BCUT2D eigenvalue weighted by Crippen LogP contribution is 2.38. The van der Waals surface area contributed by atoms with Crippen LogP contribution in [0, 0.1) is 0 Å². The van der Waals surface area contributed by atoms with Crippen molar-refractivity contribution in [3.8, 4) is 0 Å². The van der Waals surface area contributed by atoms with E-state index in [1.165, 1.54) is 0 Å². The van der Waals surface area contributed by atoms with Crippen molar-refractivity contribution >= 4 is 0 Å². The van der Waals surface area contributed by atoms with Crippen molar-refractivity contribution in [1.82, 2.24) is 4.90 Å². The molecule has 2 saturated heterocycles. The second-order valence-corrected chi connectivity index (χ2v) is 6.49. The van der Waals surface area contributed by atoms with Crippen LogP contribution >= 0.6 is 0 Å². The van der Waals surface area contributed by atoms with Crippen LogP contribution in [-0.2, 0) is 9.47 Å². The minimum absolute atomic E-state index is 0.0198. The van der Waals surface area contributed by atoms with Gasteiger partial charge in [0.15, 0.2) is 0 Å². The molecule has 2 fully saturated rings. The lowest BCUT2D eigenvalue weighted by molar-refractivity contribution is -0.131. The lowest BCUT2D eigenvalue weighted by Crippen LogP contribution is -2.62. The van der Waals surface area contributed by atoms with Crippen LogP contribution in [0.25, 0.3) is 0 Å². The monoisotopic (exact) mass is 270 g/mol. The predicted molar refractivity (Wildman–Crippen MR) is 77.3 cm³/mol. The molecule has 3 unspecified atom stereocenters. The molecule has 0 spiro atoms. The highest BCUT2D eigenvalue weighted by molar-refractivity contribution is 5.01. The molecule has 0 amide bonds. The average molecular weight is 270 g/mol. The molecule has 3 atom stereocenters. The van der Waals surface area contributed by atoms with Crippen molar-refractivity contribution in [1.29, 1.82) is 0 Å². The Morgan fingerprint density at radius 2 is 2.16 bits per heavy atom. The van der Waals surface area contributed by atoms with Gasteiger partial charge in [-0.15, -0.1) is 0 Å². The Labute approximate surface area is 117 Å². The van der Waals surface area contributed by atoms with Crippen LogP contribution in [-0.4, -0.2) is 55.0 Å². The first-order chi connectivity index (χ1) is 9.03. The van der Waals surface area contributed by atoms with Crippen LogP contribution in [0.1, 0.15) is 46.5 Å². The molecule has 2 aliphatic rings. The fraction of sp³-hybridized carbons (Fsp3) is 1.00. The summed E-state index contributed by atoms with van der Waals surface area (Å²) >= 11 is 0. The summed E-state index contributed by atoms with van der Waals surface area (Å²) in [5.74, 6) is 0. The third-order valence-electron chi connectivity index (χ3n) is 4.97. The van der Waals surface area contributed by atoms with E-state index in [2.05, 4.69) is 25.7 Å². The van der Waals surface area contributed by atoms with Crippen LogP contribution in [0.3, 0.4) is 0 Å². The van der Waals surface area contributed by atoms with E-state index in [0.29, 0.717) is 6.10 Å². The van der Waals surface area contributed by atoms with Crippen LogP contribution < -0.4 is 5.73 Å². The first-order valence-corrected chi connectivity index (χ1v) is 7.74. The summed E-state index contributed by atoms with van der Waals surface area (Å²) in [4.78, 5) is 2.58. The summed E-state index contributed by atoms with van der Waals surface area (Å²) in [6, 6.07) is 0. The van der Waals surface area contributed by atoms with Crippen LogP contribution in [0.15, 0.2) is 0 Å². The van der Waals surface area contributed by atoms with Gasteiger partial charge < -0.3 is 15.2 Å². The van der Waals surface area contributed by atoms with Gasteiger partial charge in [0.1, 0.15) is 0 Å². The molecule has 0 aromatic rings. The number of ether oxygens (including phenoxy) is 2. The quantitative estimate of drug-likeness (QED) is 0.849. The van der Waals surface area contributed by atoms with E-state index in [0.717, 1.165) is 58.5 Å². The standard InChI is InChI=1S/C15H30N2O2/c1-4-14(3)11-15(12-16,6-9-19-14)17-7-5-8-18-13(2)10-17/h13H,4-12,16H2,1-3H3. The summed E-state index contributed by atoms with van der Waals surface area (Å²) in [7, 11) is 0. The highest BCUT2D eigenvalue weighted by atomic mass is 16.5. The SMILES string of the molecule is CCC1(C)CC(CN)(N2CCCOC(C)C2)CCO1. The van der Waals surface area contributed by atoms with Crippen molar-refractivity contribution in [2.24, 2.45) is 5.73 Å². The van der Waals surface area contributed by atoms with Crippen molar-refractivity contribution in [2.45, 2.75) is 63.7 Å². The Bertz CT molecular complexity index is 300. The second kappa shape index (κ2) is 6.08. The number of rotatable bonds is 3. The maximum absolute atomic E-state index is 6.20. The van der Waals surface area contributed by atoms with Gasteiger partial charge in [0.25, 0.3) is 0 Å². The third kappa shape index (κ3) is 3.30. The van der Waals surface area contributed by atoms with Crippen LogP contribution in [0.2, 0.25) is 0 Å².